The average Bonchev–Trinajstić information content (AvgIpc) is 3.22. The summed E-state index contributed by atoms with van der Waals surface area (Å²) in [4.78, 5) is 25.3. The molecule has 13 atom stereocenters. The fourth-order valence-electron chi connectivity index (χ4n) is 10.3. The Hall–Kier alpha value is -1.14. The summed E-state index contributed by atoms with van der Waals surface area (Å²) in [5.41, 5.74) is 0.110. The van der Waals surface area contributed by atoms with Gasteiger partial charge >= 0.3 is 11.9 Å². The van der Waals surface area contributed by atoms with Crippen molar-refractivity contribution in [1.29, 1.82) is 0 Å². The van der Waals surface area contributed by atoms with E-state index in [9.17, 15) is 19.8 Å². The van der Waals surface area contributed by atoms with E-state index in [1.54, 1.807) is 0 Å². The first-order chi connectivity index (χ1) is 18.0. The molecule has 6 nitrogen and oxygen atoms in total. The maximum atomic E-state index is 13.3. The molecule has 0 aromatic carbocycles. The number of carbonyl (C=O) groups is 2. The van der Waals surface area contributed by atoms with Crippen molar-refractivity contribution < 1.29 is 29.3 Å². The standard InChI is InChI=1S/C32H52O6/c1-6-18(2)30(36)38-28-17-27-24(8-7-20-14-21(33)11-12-31(20,27)4)26-10-9-25(32(26,28)5)19(3)13-23-15-22(34)16-29(35)37-23/h18-28,33-34H,6-17H2,1-5H3/t18-,19+,20+,21+,22-,23-,24-,25+,26-,27-,28-,31-,32+/m0/s1. The third kappa shape index (κ3) is 4.84. The molecule has 1 aliphatic heterocycles. The Bertz CT molecular complexity index is 889. The summed E-state index contributed by atoms with van der Waals surface area (Å²) in [6.45, 7) is 11.2. The van der Waals surface area contributed by atoms with Crippen LogP contribution in [-0.4, -0.2) is 46.6 Å². The average molecular weight is 533 g/mol. The molecule has 1 heterocycles. The monoisotopic (exact) mass is 532 g/mol. The molecule has 1 saturated heterocycles. The molecule has 0 unspecified atom stereocenters. The maximum absolute atomic E-state index is 13.3. The fraction of sp³-hybridized carbons (Fsp3) is 0.938. The minimum Gasteiger partial charge on any atom is -0.462 e. The highest BCUT2D eigenvalue weighted by Crippen LogP contribution is 2.69. The van der Waals surface area contributed by atoms with Crippen molar-refractivity contribution in [2.75, 3.05) is 0 Å². The Kier molecular flexibility index (Phi) is 7.98. The first-order valence-electron chi connectivity index (χ1n) is 15.7. The molecular weight excluding hydrogens is 480 g/mol. The second-order valence-corrected chi connectivity index (χ2v) is 14.5. The predicted octanol–water partition coefficient (Wildman–Crippen LogP) is 5.67. The van der Waals surface area contributed by atoms with Gasteiger partial charge in [-0.25, -0.2) is 0 Å². The van der Waals surface area contributed by atoms with Crippen molar-refractivity contribution in [2.24, 2.45) is 52.3 Å². The van der Waals surface area contributed by atoms with E-state index in [2.05, 4.69) is 20.8 Å². The Morgan fingerprint density at radius 2 is 1.79 bits per heavy atom. The van der Waals surface area contributed by atoms with E-state index in [4.69, 9.17) is 9.47 Å². The molecule has 5 rings (SSSR count). The fourth-order valence-corrected chi connectivity index (χ4v) is 10.3. The first-order valence-corrected chi connectivity index (χ1v) is 15.7. The van der Waals surface area contributed by atoms with Crippen molar-refractivity contribution >= 4 is 11.9 Å². The lowest BCUT2D eigenvalue weighted by Gasteiger charge is -2.62. The van der Waals surface area contributed by atoms with E-state index in [1.165, 1.54) is 19.3 Å². The third-order valence-electron chi connectivity index (χ3n) is 12.6. The molecule has 0 amide bonds. The van der Waals surface area contributed by atoms with Crippen LogP contribution in [0.3, 0.4) is 0 Å². The number of aliphatic hydroxyl groups excluding tert-OH is 2. The van der Waals surface area contributed by atoms with Gasteiger partial charge in [0.25, 0.3) is 0 Å². The van der Waals surface area contributed by atoms with Crippen LogP contribution in [0.2, 0.25) is 0 Å². The molecule has 38 heavy (non-hydrogen) atoms. The van der Waals surface area contributed by atoms with E-state index in [-0.39, 0.29) is 53.4 Å². The first kappa shape index (κ1) is 28.4. The lowest BCUT2D eigenvalue weighted by atomic mass is 9.43. The van der Waals surface area contributed by atoms with Crippen LogP contribution >= 0.6 is 0 Å². The number of aliphatic hydroxyl groups is 2. The van der Waals surface area contributed by atoms with Crippen molar-refractivity contribution in [1.82, 2.24) is 0 Å². The molecule has 5 aliphatic rings. The topological polar surface area (TPSA) is 93.1 Å². The number of rotatable bonds is 6. The Labute approximate surface area is 229 Å². The van der Waals surface area contributed by atoms with Gasteiger partial charge in [-0.05, 0) is 105 Å². The van der Waals surface area contributed by atoms with Gasteiger partial charge in [0.2, 0.25) is 0 Å². The number of hydrogen-bond acceptors (Lipinski definition) is 6. The van der Waals surface area contributed by atoms with Gasteiger partial charge in [-0.2, -0.15) is 0 Å². The van der Waals surface area contributed by atoms with Crippen LogP contribution in [0.25, 0.3) is 0 Å². The zero-order valence-corrected chi connectivity index (χ0v) is 24.4. The zero-order valence-electron chi connectivity index (χ0n) is 24.4. The molecular formula is C32H52O6. The number of fused-ring (bicyclic) bond motifs is 5. The Morgan fingerprint density at radius 1 is 1.03 bits per heavy atom. The molecule has 0 aromatic rings. The van der Waals surface area contributed by atoms with Gasteiger partial charge in [0.1, 0.15) is 12.2 Å². The molecule has 4 aliphatic carbocycles. The van der Waals surface area contributed by atoms with Crippen LogP contribution in [0.4, 0.5) is 0 Å². The van der Waals surface area contributed by atoms with E-state index in [0.29, 0.717) is 41.9 Å². The van der Waals surface area contributed by atoms with Gasteiger partial charge in [0.15, 0.2) is 0 Å². The highest BCUT2D eigenvalue weighted by atomic mass is 16.6. The third-order valence-corrected chi connectivity index (χ3v) is 12.6. The maximum Gasteiger partial charge on any atom is 0.308 e. The van der Waals surface area contributed by atoms with Crippen LogP contribution in [0.15, 0.2) is 0 Å². The van der Waals surface area contributed by atoms with Crippen molar-refractivity contribution in [3.05, 3.63) is 0 Å². The molecule has 216 valence electrons. The lowest BCUT2D eigenvalue weighted by molar-refractivity contribution is -0.201. The summed E-state index contributed by atoms with van der Waals surface area (Å²) in [7, 11) is 0. The lowest BCUT2D eigenvalue weighted by Crippen LogP contribution is -2.59. The van der Waals surface area contributed by atoms with E-state index >= 15 is 0 Å². The SMILES string of the molecule is CC[C@H](C)C(=O)O[C@H]1C[C@H]2[C@@H](CC[C@@H]3C[C@H](O)CC[C@@]32C)[C@@H]2CC[C@H]([C@H](C)C[C@H]3C[C@H](O)CC(=O)O3)[C@@]12C. The van der Waals surface area contributed by atoms with E-state index in [0.717, 1.165) is 44.9 Å². The molecule has 0 spiro atoms. The Morgan fingerprint density at radius 3 is 2.50 bits per heavy atom. The van der Waals surface area contributed by atoms with Crippen LogP contribution in [0.1, 0.15) is 112 Å². The molecule has 0 radical (unpaired) electrons. The van der Waals surface area contributed by atoms with Gasteiger partial charge in [-0.1, -0.05) is 34.6 Å². The quantitative estimate of drug-likeness (QED) is 0.429. The van der Waals surface area contributed by atoms with Crippen molar-refractivity contribution in [3.8, 4) is 0 Å². The van der Waals surface area contributed by atoms with Crippen LogP contribution in [0.5, 0.6) is 0 Å². The number of carbonyl (C=O) groups excluding carboxylic acids is 2. The highest BCUT2D eigenvalue weighted by Gasteiger charge is 2.65. The number of esters is 2. The molecule has 0 aromatic heterocycles. The normalized spacial score (nSPS) is 48.2. The minimum absolute atomic E-state index is 0.0601. The van der Waals surface area contributed by atoms with Crippen molar-refractivity contribution in [2.45, 2.75) is 136 Å². The largest absolute Gasteiger partial charge is 0.462 e. The summed E-state index contributed by atoms with van der Waals surface area (Å²) >= 11 is 0. The summed E-state index contributed by atoms with van der Waals surface area (Å²) < 4.78 is 12.2. The number of hydrogen-bond donors (Lipinski definition) is 2. The van der Waals surface area contributed by atoms with Gasteiger partial charge in [-0.3, -0.25) is 9.59 Å². The zero-order chi connectivity index (χ0) is 27.4. The number of cyclic esters (lactones) is 1. The van der Waals surface area contributed by atoms with E-state index in [1.807, 2.05) is 13.8 Å². The van der Waals surface area contributed by atoms with Crippen molar-refractivity contribution in [3.63, 3.8) is 0 Å². The summed E-state index contributed by atoms with van der Waals surface area (Å²) in [5, 5.41) is 20.6. The second kappa shape index (κ2) is 10.7. The van der Waals surface area contributed by atoms with Crippen LogP contribution in [-0.2, 0) is 19.1 Å². The van der Waals surface area contributed by atoms with Gasteiger partial charge in [0, 0.05) is 11.8 Å². The van der Waals surface area contributed by atoms with Crippen LogP contribution in [0, 0.1) is 52.3 Å². The summed E-state index contributed by atoms with van der Waals surface area (Å²) in [6.07, 6.45) is 9.58. The van der Waals surface area contributed by atoms with E-state index < -0.39 is 6.10 Å². The van der Waals surface area contributed by atoms with Crippen LogP contribution < -0.4 is 0 Å². The summed E-state index contributed by atoms with van der Waals surface area (Å²) in [6, 6.07) is 0. The van der Waals surface area contributed by atoms with Gasteiger partial charge < -0.3 is 19.7 Å². The minimum atomic E-state index is -0.607. The summed E-state index contributed by atoms with van der Waals surface area (Å²) in [5.74, 6) is 2.50. The molecule has 2 N–H and O–H groups in total. The number of ether oxygens (including phenoxy) is 2. The smallest absolute Gasteiger partial charge is 0.308 e. The van der Waals surface area contributed by atoms with Gasteiger partial charge in [0.05, 0.1) is 24.5 Å². The molecule has 0 bridgehead atoms. The molecule has 4 saturated carbocycles. The van der Waals surface area contributed by atoms with Gasteiger partial charge in [-0.15, -0.1) is 0 Å². The second-order valence-electron chi connectivity index (χ2n) is 14.5. The Balaban J connectivity index is 1.43. The molecule has 5 fully saturated rings. The highest BCUT2D eigenvalue weighted by molar-refractivity contribution is 5.72. The molecule has 6 heteroatoms. The predicted molar refractivity (Wildman–Crippen MR) is 145 cm³/mol.